The summed E-state index contributed by atoms with van der Waals surface area (Å²) < 4.78 is 11.5. The fraction of sp³-hybridized carbons (Fsp3) is 0.952. The van der Waals surface area contributed by atoms with Crippen molar-refractivity contribution in [3.05, 3.63) is 0 Å². The summed E-state index contributed by atoms with van der Waals surface area (Å²) in [7, 11) is 0. The maximum atomic E-state index is 5.69. The molecule has 2 aliphatic rings. The molecule has 0 atom stereocenters. The van der Waals surface area contributed by atoms with E-state index in [2.05, 4.69) is 55.0 Å². The van der Waals surface area contributed by atoms with Gasteiger partial charge in [-0.25, -0.2) is 0 Å². The van der Waals surface area contributed by atoms with Crippen molar-refractivity contribution in [2.75, 3.05) is 58.3 Å². The summed E-state index contributed by atoms with van der Waals surface area (Å²) in [6.45, 7) is 16.2. The lowest BCUT2D eigenvalue weighted by atomic mass is 9.99. The normalized spacial score (nSPS) is 21.1. The minimum atomic E-state index is 0. The molecule has 8 heteroatoms. The average molecular weight is 543 g/mol. The molecule has 0 saturated carbocycles. The van der Waals surface area contributed by atoms with Crippen LogP contribution in [0.2, 0.25) is 0 Å². The second kappa shape index (κ2) is 15.1. The van der Waals surface area contributed by atoms with Crippen LogP contribution in [0.3, 0.4) is 0 Å². The molecule has 6 nitrogen and oxygen atoms in total. The van der Waals surface area contributed by atoms with Crippen molar-refractivity contribution in [1.29, 1.82) is 0 Å². The van der Waals surface area contributed by atoms with Crippen LogP contribution in [0.4, 0.5) is 0 Å². The molecule has 2 aliphatic heterocycles. The smallest absolute Gasteiger partial charge is 0.191 e. The molecular formula is C21H43IN4O2S. The Bertz CT molecular complexity index is 448. The molecule has 2 fully saturated rings. The molecule has 0 aromatic rings. The highest BCUT2D eigenvalue weighted by molar-refractivity contribution is 14.0. The maximum Gasteiger partial charge on any atom is 0.191 e. The van der Waals surface area contributed by atoms with Crippen LogP contribution < -0.4 is 10.6 Å². The second-order valence-electron chi connectivity index (χ2n) is 8.10. The van der Waals surface area contributed by atoms with Gasteiger partial charge in [-0.05, 0) is 52.2 Å². The fourth-order valence-corrected chi connectivity index (χ4v) is 5.08. The minimum Gasteiger partial charge on any atom is -0.381 e. The molecular weight excluding hydrogens is 499 g/mol. The van der Waals surface area contributed by atoms with E-state index in [0.717, 1.165) is 89.9 Å². The third-order valence-electron chi connectivity index (χ3n) is 5.51. The van der Waals surface area contributed by atoms with E-state index in [0.29, 0.717) is 12.1 Å². The highest BCUT2D eigenvalue weighted by Crippen LogP contribution is 2.35. The molecule has 0 unspecified atom stereocenters. The average Bonchev–Trinajstić information content (AvgIpc) is 2.68. The minimum absolute atomic E-state index is 0. The summed E-state index contributed by atoms with van der Waals surface area (Å²) in [5, 5.41) is 7.14. The predicted molar refractivity (Wildman–Crippen MR) is 136 cm³/mol. The number of piperidine rings is 1. The molecule has 2 heterocycles. The number of ether oxygens (including phenoxy) is 2. The zero-order valence-electron chi connectivity index (χ0n) is 18.9. The fourth-order valence-electron chi connectivity index (χ4n) is 3.85. The van der Waals surface area contributed by atoms with Gasteiger partial charge in [0.2, 0.25) is 0 Å². The summed E-state index contributed by atoms with van der Waals surface area (Å²) in [6, 6.07) is 0.504. The van der Waals surface area contributed by atoms with Gasteiger partial charge in [-0.1, -0.05) is 6.92 Å². The quantitative estimate of drug-likeness (QED) is 0.251. The van der Waals surface area contributed by atoms with Crippen molar-refractivity contribution < 1.29 is 9.47 Å². The zero-order valence-corrected chi connectivity index (χ0v) is 22.0. The Morgan fingerprint density at radius 3 is 2.52 bits per heavy atom. The Balaban J connectivity index is 0.00000420. The number of hydrogen-bond acceptors (Lipinski definition) is 5. The van der Waals surface area contributed by atoms with Gasteiger partial charge in [0, 0.05) is 50.2 Å². The Kier molecular flexibility index (Phi) is 14.2. The lowest BCUT2D eigenvalue weighted by Gasteiger charge is -2.36. The third kappa shape index (κ3) is 10.4. The topological polar surface area (TPSA) is 58.1 Å². The first-order chi connectivity index (χ1) is 13.6. The van der Waals surface area contributed by atoms with Gasteiger partial charge < -0.3 is 25.0 Å². The number of rotatable bonds is 10. The van der Waals surface area contributed by atoms with Gasteiger partial charge in [0.1, 0.15) is 0 Å². The summed E-state index contributed by atoms with van der Waals surface area (Å²) >= 11 is 2.05. The number of thioether (sulfide) groups is 1. The Labute approximate surface area is 199 Å². The van der Waals surface area contributed by atoms with Crippen LogP contribution in [0, 0.1) is 0 Å². The largest absolute Gasteiger partial charge is 0.381 e. The molecule has 2 rings (SSSR count). The van der Waals surface area contributed by atoms with E-state index in [1.165, 1.54) is 0 Å². The first-order valence-corrected chi connectivity index (χ1v) is 12.2. The van der Waals surface area contributed by atoms with Crippen molar-refractivity contribution in [1.82, 2.24) is 15.5 Å². The molecule has 0 aromatic heterocycles. The molecule has 0 amide bonds. The van der Waals surface area contributed by atoms with Gasteiger partial charge in [0.15, 0.2) is 5.96 Å². The van der Waals surface area contributed by atoms with E-state index in [1.807, 2.05) is 0 Å². The molecule has 0 spiro atoms. The first kappa shape index (κ1) is 27.3. The molecule has 2 N–H and O–H groups in total. The van der Waals surface area contributed by atoms with Crippen molar-refractivity contribution in [3.8, 4) is 0 Å². The summed E-state index contributed by atoms with van der Waals surface area (Å²) in [6.07, 6.45) is 4.85. The molecule has 0 radical (unpaired) electrons. The second-order valence-corrected chi connectivity index (χ2v) is 9.84. The van der Waals surface area contributed by atoms with Crippen LogP contribution in [-0.2, 0) is 9.47 Å². The number of likely N-dealkylation sites (tertiary alicyclic amines) is 1. The van der Waals surface area contributed by atoms with Crippen LogP contribution >= 0.6 is 35.7 Å². The van der Waals surface area contributed by atoms with Crippen LogP contribution in [0.1, 0.15) is 53.4 Å². The predicted octanol–water partition coefficient (Wildman–Crippen LogP) is 3.35. The number of guanidine groups is 1. The number of aliphatic imine (C=N–C) groups is 1. The van der Waals surface area contributed by atoms with E-state index in [-0.39, 0.29) is 28.7 Å². The lowest BCUT2D eigenvalue weighted by molar-refractivity contribution is 0.0532. The number of nitrogens with zero attached hydrogens (tertiary/aromatic N) is 2. The summed E-state index contributed by atoms with van der Waals surface area (Å²) in [5.74, 6) is 2.12. The molecule has 2 saturated heterocycles. The standard InChI is InChI=1S/C21H42N4O2S.HI/c1-5-22-20(23-17-21(28-6-2)9-14-26-15-10-21)24-19-7-11-25(12-8-19)13-16-27-18(3)4;/h18-19H,5-17H2,1-4H3,(H2,22,23,24);1H. The summed E-state index contributed by atoms with van der Waals surface area (Å²) in [4.78, 5) is 7.51. The van der Waals surface area contributed by atoms with E-state index in [4.69, 9.17) is 14.5 Å². The van der Waals surface area contributed by atoms with Gasteiger partial charge >= 0.3 is 0 Å². The first-order valence-electron chi connectivity index (χ1n) is 11.2. The van der Waals surface area contributed by atoms with Gasteiger partial charge in [0.05, 0.1) is 19.3 Å². The van der Waals surface area contributed by atoms with E-state index < -0.39 is 0 Å². The number of nitrogens with one attached hydrogen (secondary N) is 2. The lowest BCUT2D eigenvalue weighted by Crippen LogP contribution is -2.49. The third-order valence-corrected chi connectivity index (χ3v) is 6.95. The van der Waals surface area contributed by atoms with Gasteiger partial charge in [-0.15, -0.1) is 24.0 Å². The van der Waals surface area contributed by atoms with Crippen LogP contribution in [-0.4, -0.2) is 86.0 Å². The Morgan fingerprint density at radius 1 is 1.24 bits per heavy atom. The van der Waals surface area contributed by atoms with Crippen LogP contribution in [0.25, 0.3) is 0 Å². The zero-order chi connectivity index (χ0) is 20.2. The molecule has 0 aliphatic carbocycles. The highest BCUT2D eigenvalue weighted by atomic mass is 127. The summed E-state index contributed by atoms with van der Waals surface area (Å²) in [5.41, 5.74) is 0. The van der Waals surface area contributed by atoms with Crippen molar-refractivity contribution in [3.63, 3.8) is 0 Å². The maximum absolute atomic E-state index is 5.69. The highest BCUT2D eigenvalue weighted by Gasteiger charge is 2.32. The molecule has 0 bridgehead atoms. The number of halogens is 1. The molecule has 0 aromatic carbocycles. The number of hydrogen-bond donors (Lipinski definition) is 2. The van der Waals surface area contributed by atoms with Gasteiger partial charge in [-0.2, -0.15) is 11.8 Å². The Morgan fingerprint density at radius 2 is 1.93 bits per heavy atom. The van der Waals surface area contributed by atoms with Gasteiger partial charge in [0.25, 0.3) is 0 Å². The van der Waals surface area contributed by atoms with E-state index >= 15 is 0 Å². The van der Waals surface area contributed by atoms with E-state index in [1.54, 1.807) is 0 Å². The monoisotopic (exact) mass is 542 g/mol. The van der Waals surface area contributed by atoms with Crippen molar-refractivity contribution >= 4 is 41.7 Å². The van der Waals surface area contributed by atoms with E-state index in [9.17, 15) is 0 Å². The Hall–Kier alpha value is 0.230. The van der Waals surface area contributed by atoms with Crippen molar-refractivity contribution in [2.45, 2.75) is 70.3 Å². The molecule has 172 valence electrons. The van der Waals surface area contributed by atoms with Crippen LogP contribution in [0.5, 0.6) is 0 Å². The van der Waals surface area contributed by atoms with Gasteiger partial charge in [-0.3, -0.25) is 4.99 Å². The van der Waals surface area contributed by atoms with Crippen molar-refractivity contribution in [2.24, 2.45) is 4.99 Å². The SMILES string of the molecule is CCNC(=NCC1(SCC)CCOCC1)NC1CCN(CCOC(C)C)CC1.I. The molecule has 29 heavy (non-hydrogen) atoms. The van der Waals surface area contributed by atoms with Crippen LogP contribution in [0.15, 0.2) is 4.99 Å².